The molecule has 0 fully saturated rings. The van der Waals surface area contributed by atoms with E-state index in [1.165, 1.54) is 0 Å². The molecule has 0 spiro atoms. The molecule has 0 heterocycles. The maximum atomic E-state index is 8.33. The Morgan fingerprint density at radius 3 is 0.800 bits per heavy atom. The number of hydrogen-bond acceptors (Lipinski definition) is 3. The Hall–Kier alpha value is 1.11. The molecule has 0 atom stereocenters. The van der Waals surface area contributed by atoms with Crippen LogP contribution in [0.4, 0.5) is 4.79 Å². The predicted octanol–water partition coefficient (Wildman–Crippen LogP) is -11.7. The molecule has 0 aliphatic heterocycles. The van der Waals surface area contributed by atoms with E-state index in [0.29, 0.717) is 0 Å². The van der Waals surface area contributed by atoms with Gasteiger partial charge in [0.05, 0.1) is 0 Å². The van der Waals surface area contributed by atoms with Gasteiger partial charge in [0.15, 0.2) is 0 Å². The van der Waals surface area contributed by atoms with Gasteiger partial charge in [0.25, 0.3) is 0 Å². The fourth-order valence-corrected chi connectivity index (χ4v) is 0. The quantitative estimate of drug-likeness (QED) is 0.333. The molecule has 0 aliphatic rings. The largest absolute Gasteiger partial charge is 1.00 e. The van der Waals surface area contributed by atoms with Crippen molar-refractivity contribution in [1.82, 2.24) is 0 Å². The monoisotopic (exact) mass is 178 g/mol. The van der Waals surface area contributed by atoms with Gasteiger partial charge < -0.3 is 36.9 Å². The van der Waals surface area contributed by atoms with Gasteiger partial charge in [-0.15, -0.1) is 0 Å². The summed E-state index contributed by atoms with van der Waals surface area (Å²) >= 11 is 0. The van der Waals surface area contributed by atoms with Gasteiger partial charge >= 0.3 is 59.1 Å². The number of carbonyl (C=O) groups is 1. The Bertz CT molecular complexity index is 34.6. The first-order valence-corrected chi connectivity index (χ1v) is 0.612. The van der Waals surface area contributed by atoms with E-state index in [9.17, 15) is 0 Å². The third kappa shape index (κ3) is 486. The zero-order valence-corrected chi connectivity index (χ0v) is 9.72. The van der Waals surface area contributed by atoms with Gasteiger partial charge in [0.2, 0.25) is 0 Å². The van der Waals surface area contributed by atoms with Crippen molar-refractivity contribution >= 4 is 6.16 Å². The number of carbonyl (C=O) groups excluding carboxylic acids is 1. The van der Waals surface area contributed by atoms with Gasteiger partial charge in [0, 0.05) is 0 Å². The fraction of sp³-hybridized carbons (Fsp3) is 0. The minimum Gasteiger partial charge on any atom is -0.652 e. The Morgan fingerprint density at radius 1 is 0.800 bits per heavy atom. The van der Waals surface area contributed by atoms with E-state index in [2.05, 4.69) is 0 Å². The van der Waals surface area contributed by atoms with E-state index in [-0.39, 0.29) is 81.0 Å². The molecule has 0 saturated carbocycles. The van der Waals surface area contributed by atoms with Crippen molar-refractivity contribution in [3.63, 3.8) is 0 Å². The third-order valence-electron chi connectivity index (χ3n) is 0. The van der Waals surface area contributed by atoms with Gasteiger partial charge in [-0.05, 0) is 6.16 Å². The average Bonchev–Trinajstić information content (AvgIpc) is 0.811. The molecule has 10 heavy (non-hydrogen) atoms. The summed E-state index contributed by atoms with van der Waals surface area (Å²) in [6, 6.07) is 0. The van der Waals surface area contributed by atoms with Crippen LogP contribution >= 0.6 is 0 Å². The second-order valence-corrected chi connectivity index (χ2v) is 0.250. The summed E-state index contributed by atoms with van der Waals surface area (Å²) in [6.07, 6.45) is -2.33. The summed E-state index contributed by atoms with van der Waals surface area (Å²) in [5.41, 5.74) is 0. The zero-order chi connectivity index (χ0) is 3.58. The molecule has 0 aliphatic carbocycles. The molecule has 9 heteroatoms. The van der Waals surface area contributed by atoms with Crippen LogP contribution < -0.4 is 69.3 Å². The van der Waals surface area contributed by atoms with E-state index in [0.717, 1.165) is 0 Å². The van der Waals surface area contributed by atoms with Crippen molar-refractivity contribution < 1.29 is 96.0 Å². The zero-order valence-electron chi connectivity index (χ0n) is 5.72. The van der Waals surface area contributed by atoms with Gasteiger partial charge in [-0.3, -0.25) is 0 Å². The Labute approximate surface area is 101 Å². The number of hydrogen-bond donors (Lipinski definition) is 0. The summed E-state index contributed by atoms with van der Waals surface area (Å²) in [5, 5.41) is 16.7. The molecule has 0 saturated heterocycles. The summed E-state index contributed by atoms with van der Waals surface area (Å²) in [4.78, 5) is 8.33. The van der Waals surface area contributed by atoms with Crippen LogP contribution in [0.3, 0.4) is 0 Å². The number of carboxylic acid groups (broad SMARTS) is 2. The smallest absolute Gasteiger partial charge is 0.652 e. The molecule has 7 nitrogen and oxygen atoms in total. The van der Waals surface area contributed by atoms with Crippen molar-refractivity contribution in [2.45, 2.75) is 0 Å². The molecule has 56 valence electrons. The Kier molecular flexibility index (Phi) is 334. The molecule has 0 aromatic rings. The SMILES string of the molecule is O.O.O.O.O=C([O-])[O-].[Na+].[Na+]. The predicted molar refractivity (Wildman–Crippen MR) is 19.9 cm³/mol. The second-order valence-electron chi connectivity index (χ2n) is 0.250. The van der Waals surface area contributed by atoms with Gasteiger partial charge in [-0.25, -0.2) is 0 Å². The topological polar surface area (TPSA) is 189 Å². The molecular weight excluding hydrogens is 170 g/mol. The van der Waals surface area contributed by atoms with Gasteiger partial charge in [-0.1, -0.05) is 0 Å². The van der Waals surface area contributed by atoms with Crippen LogP contribution in [0.5, 0.6) is 0 Å². The van der Waals surface area contributed by atoms with E-state index in [1.54, 1.807) is 0 Å². The van der Waals surface area contributed by atoms with Crippen LogP contribution in [0.2, 0.25) is 0 Å². The molecule has 0 rings (SSSR count). The van der Waals surface area contributed by atoms with Gasteiger partial charge in [-0.2, -0.15) is 0 Å². The van der Waals surface area contributed by atoms with Crippen molar-refractivity contribution in [1.29, 1.82) is 0 Å². The molecule has 8 N–H and O–H groups in total. The molecule has 0 bridgehead atoms. The van der Waals surface area contributed by atoms with E-state index < -0.39 is 6.16 Å². The molecule has 0 amide bonds. The minimum atomic E-state index is -2.33. The average molecular weight is 178 g/mol. The first kappa shape index (κ1) is 67.2. The van der Waals surface area contributed by atoms with Crippen LogP contribution in [0.25, 0.3) is 0 Å². The van der Waals surface area contributed by atoms with Crippen molar-refractivity contribution in [2.24, 2.45) is 0 Å². The van der Waals surface area contributed by atoms with E-state index >= 15 is 0 Å². The van der Waals surface area contributed by atoms with Crippen LogP contribution in [-0.4, -0.2) is 28.1 Å². The van der Waals surface area contributed by atoms with E-state index in [1.807, 2.05) is 0 Å². The summed E-state index contributed by atoms with van der Waals surface area (Å²) in [5.74, 6) is 0. The standard InChI is InChI=1S/CH2O3.2Na.4H2O/c2-1(3)4;;;;;;/h(H2,2,3,4);;;4*1H2/q;2*+1;;;;/p-2. The Morgan fingerprint density at radius 2 is 0.800 bits per heavy atom. The second kappa shape index (κ2) is 49.7. The third-order valence-corrected chi connectivity index (χ3v) is 0. The molecule has 0 aromatic carbocycles. The first-order chi connectivity index (χ1) is 1.73. The molecule has 0 aromatic heterocycles. The molecule has 0 unspecified atom stereocenters. The van der Waals surface area contributed by atoms with Crippen LogP contribution in [-0.2, 0) is 0 Å². The van der Waals surface area contributed by atoms with Crippen LogP contribution in [0.1, 0.15) is 0 Å². The van der Waals surface area contributed by atoms with Crippen molar-refractivity contribution in [3.05, 3.63) is 0 Å². The van der Waals surface area contributed by atoms with Crippen LogP contribution in [0.15, 0.2) is 0 Å². The molecular formula is CH8Na2O7. The van der Waals surface area contributed by atoms with Crippen LogP contribution in [0, 0.1) is 0 Å². The Balaban J connectivity index is -0.00000000300. The van der Waals surface area contributed by atoms with E-state index in [4.69, 9.17) is 15.0 Å². The maximum Gasteiger partial charge on any atom is 1.00 e. The van der Waals surface area contributed by atoms with Crippen molar-refractivity contribution in [3.8, 4) is 0 Å². The summed E-state index contributed by atoms with van der Waals surface area (Å²) in [7, 11) is 0. The van der Waals surface area contributed by atoms with Crippen molar-refractivity contribution in [2.75, 3.05) is 0 Å². The summed E-state index contributed by atoms with van der Waals surface area (Å²) < 4.78 is 0. The fourth-order valence-electron chi connectivity index (χ4n) is 0. The minimum absolute atomic E-state index is 0. The van der Waals surface area contributed by atoms with Gasteiger partial charge in [0.1, 0.15) is 0 Å². The molecule has 0 radical (unpaired) electrons. The first-order valence-electron chi connectivity index (χ1n) is 0.612. The summed E-state index contributed by atoms with van der Waals surface area (Å²) in [6.45, 7) is 0. The number of rotatable bonds is 0. The maximum absolute atomic E-state index is 8.33. The normalized spacial score (nSPS) is 2.40.